The van der Waals surface area contributed by atoms with Crippen molar-refractivity contribution in [1.82, 2.24) is 4.98 Å². The summed E-state index contributed by atoms with van der Waals surface area (Å²) < 4.78 is 16.9. The van der Waals surface area contributed by atoms with E-state index in [1.807, 2.05) is 30.3 Å². The minimum Gasteiger partial charge on any atom is -0.493 e. The van der Waals surface area contributed by atoms with Crippen molar-refractivity contribution in [2.75, 3.05) is 27.1 Å². The summed E-state index contributed by atoms with van der Waals surface area (Å²) in [5, 5.41) is 3.24. The molecule has 0 unspecified atom stereocenters. The predicted molar refractivity (Wildman–Crippen MR) is 158 cm³/mol. The number of methoxy groups -OCH3 is 3. The summed E-state index contributed by atoms with van der Waals surface area (Å²) in [6, 6.07) is 30.9. The van der Waals surface area contributed by atoms with E-state index in [0.29, 0.717) is 22.9 Å². The van der Waals surface area contributed by atoms with E-state index in [1.165, 1.54) is 5.39 Å². The highest BCUT2D eigenvalue weighted by Crippen LogP contribution is 2.49. The van der Waals surface area contributed by atoms with Gasteiger partial charge in [0.15, 0.2) is 11.5 Å². The molecule has 6 aromatic rings. The van der Waals surface area contributed by atoms with Gasteiger partial charge in [0, 0.05) is 16.5 Å². The third-order valence-corrected chi connectivity index (χ3v) is 7.91. The first kappa shape index (κ1) is 23.8. The predicted octanol–water partition coefficient (Wildman–Crippen LogP) is 8.06. The summed E-state index contributed by atoms with van der Waals surface area (Å²) in [4.78, 5) is 6.96. The third-order valence-electron chi connectivity index (χ3n) is 6.78. The smallest absolute Gasteiger partial charge is 0.203 e. The zero-order chi connectivity index (χ0) is 26.2. The van der Waals surface area contributed by atoms with Crippen LogP contribution in [-0.4, -0.2) is 26.3 Å². The monoisotopic (exact) mass is 518 g/mol. The fourth-order valence-electron chi connectivity index (χ4n) is 4.97. The van der Waals surface area contributed by atoms with Crippen molar-refractivity contribution in [3.05, 3.63) is 91.0 Å². The molecule has 0 aliphatic heterocycles. The molecule has 0 aliphatic carbocycles. The van der Waals surface area contributed by atoms with Gasteiger partial charge in [-0.25, -0.2) is 4.98 Å². The van der Waals surface area contributed by atoms with E-state index in [2.05, 4.69) is 60.7 Å². The number of thiophene rings is 1. The lowest BCUT2D eigenvalue weighted by Crippen LogP contribution is -1.97. The van der Waals surface area contributed by atoms with Gasteiger partial charge in [0.1, 0.15) is 4.83 Å². The average Bonchev–Trinajstić information content (AvgIpc) is 3.31. The summed E-state index contributed by atoms with van der Waals surface area (Å²) in [6.45, 7) is 0. The van der Waals surface area contributed by atoms with E-state index in [9.17, 15) is 0 Å². The molecule has 0 aliphatic rings. The molecule has 0 atom stereocenters. The van der Waals surface area contributed by atoms with E-state index < -0.39 is 0 Å². The summed E-state index contributed by atoms with van der Waals surface area (Å²) in [5.41, 5.74) is 12.5. The molecular weight excluding hydrogens is 492 g/mol. The SMILES string of the molecule is COc1cc(-c2cc(-c3ccccc3)nc3sc(-c4cccc5ccccc45)c(N)c23)cc(OC)c1OC. The molecule has 4 aromatic carbocycles. The van der Waals surface area contributed by atoms with E-state index in [4.69, 9.17) is 24.9 Å². The van der Waals surface area contributed by atoms with Crippen molar-refractivity contribution in [1.29, 1.82) is 0 Å². The third kappa shape index (κ3) is 3.90. The molecule has 38 heavy (non-hydrogen) atoms. The zero-order valence-corrected chi connectivity index (χ0v) is 22.1. The Bertz CT molecular complexity index is 1760. The van der Waals surface area contributed by atoms with Crippen molar-refractivity contribution in [2.24, 2.45) is 0 Å². The second-order valence-electron chi connectivity index (χ2n) is 8.89. The van der Waals surface area contributed by atoms with Crippen LogP contribution in [0.4, 0.5) is 5.69 Å². The number of rotatable bonds is 6. The number of hydrogen-bond donors (Lipinski definition) is 1. The number of ether oxygens (including phenoxy) is 3. The lowest BCUT2D eigenvalue weighted by Gasteiger charge is -2.15. The Hall–Kier alpha value is -4.55. The Morgan fingerprint density at radius 3 is 2.08 bits per heavy atom. The Kier molecular flexibility index (Phi) is 6.10. The number of nitrogens with two attached hydrogens (primary N) is 1. The second kappa shape index (κ2) is 9.72. The van der Waals surface area contributed by atoms with Crippen LogP contribution >= 0.6 is 11.3 Å². The summed E-state index contributed by atoms with van der Waals surface area (Å²) in [5.74, 6) is 1.70. The Morgan fingerprint density at radius 2 is 1.37 bits per heavy atom. The molecule has 0 saturated carbocycles. The van der Waals surface area contributed by atoms with Crippen molar-refractivity contribution in [3.63, 3.8) is 0 Å². The van der Waals surface area contributed by atoms with Gasteiger partial charge in [0.05, 0.1) is 37.6 Å². The fraction of sp³-hybridized carbons (Fsp3) is 0.0938. The van der Waals surface area contributed by atoms with Crippen LogP contribution in [0.25, 0.3) is 53.8 Å². The maximum Gasteiger partial charge on any atom is 0.203 e. The van der Waals surface area contributed by atoms with E-state index in [-0.39, 0.29) is 0 Å². The molecule has 188 valence electrons. The first-order chi connectivity index (χ1) is 18.6. The number of nitrogen functional groups attached to an aromatic ring is 1. The van der Waals surface area contributed by atoms with E-state index >= 15 is 0 Å². The highest BCUT2D eigenvalue weighted by molar-refractivity contribution is 7.23. The molecule has 6 rings (SSSR count). The van der Waals surface area contributed by atoms with E-state index in [1.54, 1.807) is 32.7 Å². The van der Waals surface area contributed by atoms with Gasteiger partial charge in [-0.15, -0.1) is 11.3 Å². The van der Waals surface area contributed by atoms with Crippen molar-refractivity contribution in [3.8, 4) is 50.1 Å². The normalized spacial score (nSPS) is 11.1. The largest absolute Gasteiger partial charge is 0.493 e. The summed E-state index contributed by atoms with van der Waals surface area (Å²) in [7, 11) is 4.85. The van der Waals surface area contributed by atoms with Crippen LogP contribution in [-0.2, 0) is 0 Å². The lowest BCUT2D eigenvalue weighted by atomic mass is 9.97. The van der Waals surface area contributed by atoms with Crippen LogP contribution in [0.2, 0.25) is 0 Å². The summed E-state index contributed by atoms with van der Waals surface area (Å²) in [6.07, 6.45) is 0. The first-order valence-electron chi connectivity index (χ1n) is 12.2. The number of anilines is 1. The topological polar surface area (TPSA) is 66.6 Å². The number of fused-ring (bicyclic) bond motifs is 2. The van der Waals surface area contributed by atoms with Crippen LogP contribution in [0.15, 0.2) is 91.0 Å². The average molecular weight is 519 g/mol. The number of nitrogens with zero attached hydrogens (tertiary/aromatic N) is 1. The van der Waals surface area contributed by atoms with E-state index in [0.717, 1.165) is 48.4 Å². The molecule has 0 fully saturated rings. The molecule has 2 N–H and O–H groups in total. The zero-order valence-electron chi connectivity index (χ0n) is 21.3. The minimum absolute atomic E-state index is 0.544. The van der Waals surface area contributed by atoms with Crippen molar-refractivity contribution >= 4 is 38.0 Å². The number of aromatic nitrogens is 1. The molecule has 2 heterocycles. The Balaban J connectivity index is 1.68. The molecule has 0 radical (unpaired) electrons. The first-order valence-corrected chi connectivity index (χ1v) is 13.0. The van der Waals surface area contributed by atoms with Gasteiger partial charge in [0.25, 0.3) is 0 Å². The molecule has 6 heteroatoms. The fourth-order valence-corrected chi connectivity index (χ4v) is 6.12. The number of pyridine rings is 1. The quantitative estimate of drug-likeness (QED) is 0.242. The molecular formula is C32H26N2O3S. The Labute approximate surface area is 225 Å². The van der Waals surface area contributed by atoms with Gasteiger partial charge in [-0.2, -0.15) is 0 Å². The van der Waals surface area contributed by atoms with Crippen LogP contribution in [0.5, 0.6) is 17.2 Å². The van der Waals surface area contributed by atoms with Gasteiger partial charge in [-0.05, 0) is 40.1 Å². The molecule has 0 amide bonds. The maximum absolute atomic E-state index is 6.97. The van der Waals surface area contributed by atoms with Gasteiger partial charge in [-0.3, -0.25) is 0 Å². The van der Waals surface area contributed by atoms with Crippen molar-refractivity contribution < 1.29 is 14.2 Å². The van der Waals surface area contributed by atoms with Crippen LogP contribution in [0.1, 0.15) is 0 Å². The van der Waals surface area contributed by atoms with Crippen LogP contribution in [0, 0.1) is 0 Å². The molecule has 0 bridgehead atoms. The highest BCUT2D eigenvalue weighted by atomic mass is 32.1. The van der Waals surface area contributed by atoms with Gasteiger partial charge < -0.3 is 19.9 Å². The highest BCUT2D eigenvalue weighted by Gasteiger charge is 2.22. The molecule has 0 saturated heterocycles. The Morgan fingerprint density at radius 1 is 0.684 bits per heavy atom. The lowest BCUT2D eigenvalue weighted by molar-refractivity contribution is 0.324. The van der Waals surface area contributed by atoms with Crippen molar-refractivity contribution in [2.45, 2.75) is 0 Å². The maximum atomic E-state index is 6.97. The molecule has 0 spiro atoms. The van der Waals surface area contributed by atoms with Crippen LogP contribution in [0.3, 0.4) is 0 Å². The van der Waals surface area contributed by atoms with Gasteiger partial charge >= 0.3 is 0 Å². The number of hydrogen-bond acceptors (Lipinski definition) is 6. The minimum atomic E-state index is 0.544. The molecule has 2 aromatic heterocycles. The summed E-state index contributed by atoms with van der Waals surface area (Å²) >= 11 is 1.61. The van der Waals surface area contributed by atoms with Crippen LogP contribution < -0.4 is 19.9 Å². The standard InChI is InChI=1S/C32H26N2O3S/c1-35-26-16-21(17-27(36-2)30(26)37-3)24-18-25(20-11-5-4-6-12-20)34-32-28(24)29(33)31(38-32)23-15-9-13-19-10-7-8-14-22(19)23/h4-18H,33H2,1-3H3. The molecule has 5 nitrogen and oxygen atoms in total. The van der Waals surface area contributed by atoms with Gasteiger partial charge in [0.2, 0.25) is 5.75 Å². The second-order valence-corrected chi connectivity index (χ2v) is 9.89. The number of benzene rings is 4. The van der Waals surface area contributed by atoms with Gasteiger partial charge in [-0.1, -0.05) is 72.8 Å².